The highest BCUT2D eigenvalue weighted by Crippen LogP contribution is 2.31. The number of carbonyl (C=O) groups excluding carboxylic acids is 2. The third kappa shape index (κ3) is 7.12. The molecule has 188 valence electrons. The van der Waals surface area contributed by atoms with Crippen molar-refractivity contribution in [1.82, 2.24) is 5.32 Å². The molecule has 0 aliphatic carbocycles. The first-order chi connectivity index (χ1) is 17.3. The monoisotopic (exact) mass is 513 g/mol. The van der Waals surface area contributed by atoms with E-state index < -0.39 is 27.3 Å². The van der Waals surface area contributed by atoms with Gasteiger partial charge in [0.25, 0.3) is 17.3 Å². The van der Waals surface area contributed by atoms with Crippen LogP contribution in [0.15, 0.2) is 64.6 Å². The predicted molar refractivity (Wildman–Crippen MR) is 135 cm³/mol. The van der Waals surface area contributed by atoms with Crippen LogP contribution in [0.25, 0.3) is 0 Å². The first kappa shape index (κ1) is 26.3. The summed E-state index contributed by atoms with van der Waals surface area (Å²) in [5.74, 6) is -0.132. The van der Waals surface area contributed by atoms with Gasteiger partial charge in [-0.25, -0.2) is 0 Å². The quantitative estimate of drug-likeness (QED) is 0.206. The Kier molecular flexibility index (Phi) is 9.11. The number of nitrogens with one attached hydrogen (secondary N) is 2. The number of esters is 1. The van der Waals surface area contributed by atoms with Crippen molar-refractivity contribution in [1.29, 1.82) is 0 Å². The Labute approximate surface area is 210 Å². The molecule has 1 unspecified atom stereocenters. The Bertz CT molecular complexity index is 1180. The number of rotatable bonds is 10. The Morgan fingerprint density at radius 3 is 2.42 bits per heavy atom. The number of thioether (sulfide) groups is 1. The van der Waals surface area contributed by atoms with Crippen LogP contribution in [-0.4, -0.2) is 46.3 Å². The smallest absolute Gasteiger partial charge is 0.305 e. The van der Waals surface area contributed by atoms with E-state index in [0.29, 0.717) is 29.9 Å². The van der Waals surface area contributed by atoms with Gasteiger partial charge < -0.3 is 10.1 Å². The molecule has 0 radical (unpaired) electrons. The third-order valence-corrected chi connectivity index (χ3v) is 6.29. The number of methoxy groups -OCH3 is 1. The van der Waals surface area contributed by atoms with Crippen molar-refractivity contribution in [3.8, 4) is 0 Å². The Balaban J connectivity index is 1.85. The van der Waals surface area contributed by atoms with Crippen LogP contribution in [0.3, 0.4) is 0 Å². The number of benzene rings is 2. The molecule has 1 atom stereocenters. The van der Waals surface area contributed by atoms with E-state index in [2.05, 4.69) is 20.6 Å². The number of anilines is 1. The van der Waals surface area contributed by atoms with Crippen molar-refractivity contribution >= 4 is 46.4 Å². The van der Waals surface area contributed by atoms with Crippen LogP contribution in [0.5, 0.6) is 0 Å². The molecule has 12 nitrogen and oxygen atoms in total. The number of non-ortho nitro benzene ring substituents is 2. The zero-order valence-electron chi connectivity index (χ0n) is 19.2. The molecule has 13 heteroatoms. The molecule has 1 fully saturated rings. The second-order valence-corrected chi connectivity index (χ2v) is 8.66. The number of hydrogen-bond acceptors (Lipinski definition) is 10. The number of amides is 1. The number of hydrazone groups is 1. The van der Waals surface area contributed by atoms with Crippen LogP contribution in [0.1, 0.15) is 29.6 Å². The van der Waals surface area contributed by atoms with E-state index >= 15 is 0 Å². The molecule has 1 aliphatic rings. The summed E-state index contributed by atoms with van der Waals surface area (Å²) in [5.41, 5.74) is 2.75. The molecule has 0 bridgehead atoms. The zero-order valence-corrected chi connectivity index (χ0v) is 20.0. The summed E-state index contributed by atoms with van der Waals surface area (Å²) in [6.45, 7) is 0. The second kappa shape index (κ2) is 12.4. The van der Waals surface area contributed by atoms with Crippen molar-refractivity contribution < 1.29 is 24.2 Å². The molecule has 0 spiro atoms. The standard InChI is InChI=1S/C23H23N5O7S/c1-35-21(29)10-6-5-9-20-22(19(14-36-20)24-23(30)15-7-3-2-4-8-15)26-25-16-11-17(27(31)32)13-18(12-16)28(33)34/h2-4,7-9,11-13,19,25H,5-6,10,14H2,1H3,(H,24,30). The number of nitrogens with zero attached hydrogens (tertiary/aromatic N) is 3. The van der Waals surface area contributed by atoms with E-state index in [4.69, 9.17) is 0 Å². The first-order valence-electron chi connectivity index (χ1n) is 10.8. The van der Waals surface area contributed by atoms with E-state index in [1.165, 1.54) is 18.9 Å². The fraction of sp³-hybridized carbons (Fsp3) is 0.261. The summed E-state index contributed by atoms with van der Waals surface area (Å²) in [6.07, 6.45) is 3.24. The van der Waals surface area contributed by atoms with Gasteiger partial charge >= 0.3 is 5.97 Å². The Morgan fingerprint density at radius 1 is 1.14 bits per heavy atom. The van der Waals surface area contributed by atoms with Crippen LogP contribution in [0.4, 0.5) is 17.1 Å². The minimum atomic E-state index is -0.730. The molecule has 1 saturated heterocycles. The average molecular weight is 514 g/mol. The van der Waals surface area contributed by atoms with Gasteiger partial charge in [-0.05, 0) is 25.0 Å². The highest BCUT2D eigenvalue weighted by atomic mass is 32.2. The summed E-state index contributed by atoms with van der Waals surface area (Å²) in [5, 5.41) is 29.7. The van der Waals surface area contributed by atoms with E-state index in [1.54, 1.807) is 30.3 Å². The lowest BCUT2D eigenvalue weighted by molar-refractivity contribution is -0.394. The van der Waals surface area contributed by atoms with E-state index in [-0.39, 0.29) is 24.0 Å². The maximum atomic E-state index is 12.7. The van der Waals surface area contributed by atoms with Gasteiger partial charge in [0.1, 0.15) is 0 Å². The molecule has 36 heavy (non-hydrogen) atoms. The highest BCUT2D eigenvalue weighted by molar-refractivity contribution is 8.04. The third-order valence-electron chi connectivity index (χ3n) is 5.10. The van der Waals surface area contributed by atoms with Crippen LogP contribution in [0, 0.1) is 20.2 Å². The van der Waals surface area contributed by atoms with Crippen molar-refractivity contribution in [2.75, 3.05) is 18.3 Å². The normalized spacial score (nSPS) is 17.1. The SMILES string of the molecule is COC(=O)CCCC=C1SCC(NC(=O)c2ccccc2)C1=NNc1cc([N+](=O)[O-])cc([N+](=O)[O-])c1. The lowest BCUT2D eigenvalue weighted by Crippen LogP contribution is -2.40. The van der Waals surface area contributed by atoms with Crippen molar-refractivity contribution in [3.05, 3.63) is 85.3 Å². The first-order valence-corrected chi connectivity index (χ1v) is 11.8. The molecule has 1 aliphatic heterocycles. The number of hydrogen-bond donors (Lipinski definition) is 2. The minimum Gasteiger partial charge on any atom is -0.469 e. The number of allylic oxidation sites excluding steroid dienone is 1. The lowest BCUT2D eigenvalue weighted by atomic mass is 10.1. The van der Waals surface area contributed by atoms with Gasteiger partial charge in [0.05, 0.1) is 40.5 Å². The molecule has 2 N–H and O–H groups in total. The van der Waals surface area contributed by atoms with Crippen LogP contribution >= 0.6 is 11.8 Å². The topological polar surface area (TPSA) is 166 Å². The maximum Gasteiger partial charge on any atom is 0.305 e. The summed E-state index contributed by atoms with van der Waals surface area (Å²) >= 11 is 1.45. The van der Waals surface area contributed by atoms with Gasteiger partial charge in [-0.1, -0.05) is 24.3 Å². The van der Waals surface area contributed by atoms with Crippen LogP contribution in [0.2, 0.25) is 0 Å². The number of nitro benzene ring substituents is 2. The number of nitro groups is 2. The number of ether oxygens (including phenoxy) is 1. The fourth-order valence-electron chi connectivity index (χ4n) is 3.31. The second-order valence-electron chi connectivity index (χ2n) is 7.60. The van der Waals surface area contributed by atoms with Crippen molar-refractivity contribution in [2.24, 2.45) is 5.10 Å². The molecular formula is C23H23N5O7S. The molecular weight excluding hydrogens is 490 g/mol. The molecule has 0 aromatic heterocycles. The van der Waals surface area contributed by atoms with Crippen LogP contribution in [-0.2, 0) is 9.53 Å². The molecule has 3 rings (SSSR count). The van der Waals surface area contributed by atoms with Crippen LogP contribution < -0.4 is 10.7 Å². The molecule has 2 aromatic carbocycles. The van der Waals surface area contributed by atoms with E-state index in [1.807, 2.05) is 6.08 Å². The predicted octanol–water partition coefficient (Wildman–Crippen LogP) is 4.04. The Hall–Kier alpha value is -4.26. The number of carbonyl (C=O) groups is 2. The van der Waals surface area contributed by atoms with Crippen molar-refractivity contribution in [2.45, 2.75) is 25.3 Å². The largest absolute Gasteiger partial charge is 0.469 e. The van der Waals surface area contributed by atoms with Gasteiger partial charge in [-0.2, -0.15) is 5.10 Å². The molecule has 0 saturated carbocycles. The minimum absolute atomic E-state index is 0.0541. The Morgan fingerprint density at radius 2 is 1.81 bits per heavy atom. The number of unbranched alkanes of at least 4 members (excludes halogenated alkanes) is 1. The van der Waals surface area contributed by atoms with Gasteiger partial charge in [0.2, 0.25) is 0 Å². The highest BCUT2D eigenvalue weighted by Gasteiger charge is 2.30. The van der Waals surface area contributed by atoms with Gasteiger partial charge in [-0.3, -0.25) is 35.2 Å². The fourth-order valence-corrected chi connectivity index (χ4v) is 4.47. The summed E-state index contributed by atoms with van der Waals surface area (Å²) < 4.78 is 4.64. The van der Waals surface area contributed by atoms with Crippen molar-refractivity contribution in [3.63, 3.8) is 0 Å². The van der Waals surface area contributed by atoms with E-state index in [0.717, 1.165) is 23.1 Å². The van der Waals surface area contributed by atoms with Gasteiger partial charge in [-0.15, -0.1) is 11.8 Å². The molecule has 2 aromatic rings. The summed E-state index contributed by atoms with van der Waals surface area (Å²) in [6, 6.07) is 11.3. The van der Waals surface area contributed by atoms with Gasteiger partial charge in [0.15, 0.2) is 0 Å². The molecule has 1 amide bonds. The average Bonchev–Trinajstić information content (AvgIpc) is 3.26. The summed E-state index contributed by atoms with van der Waals surface area (Å²) in [7, 11) is 1.32. The summed E-state index contributed by atoms with van der Waals surface area (Å²) in [4.78, 5) is 45.8. The zero-order chi connectivity index (χ0) is 26.1. The van der Waals surface area contributed by atoms with Gasteiger partial charge in [0, 0.05) is 34.8 Å². The lowest BCUT2D eigenvalue weighted by Gasteiger charge is -2.14. The molecule has 1 heterocycles. The maximum absolute atomic E-state index is 12.7. The van der Waals surface area contributed by atoms with E-state index in [9.17, 15) is 29.8 Å².